The highest BCUT2D eigenvalue weighted by molar-refractivity contribution is 7.99. The van der Waals surface area contributed by atoms with Gasteiger partial charge in [-0.05, 0) is 36.5 Å². The second-order valence-electron chi connectivity index (χ2n) is 5.85. The van der Waals surface area contributed by atoms with Crippen LogP contribution in [0.4, 0.5) is 5.82 Å². The fraction of sp³-hybridized carbons (Fsp3) is 0.500. The minimum atomic E-state index is -0.386. The maximum atomic E-state index is 11.5. The number of thiazole rings is 1. The molecule has 0 saturated heterocycles. The fourth-order valence-electron chi connectivity index (χ4n) is 3.25. The molecule has 0 aromatic carbocycles. The molecule has 0 aliphatic heterocycles. The topological polar surface area (TPSA) is 91.2 Å². The van der Waals surface area contributed by atoms with E-state index in [0.29, 0.717) is 21.2 Å². The molecule has 1 aliphatic carbocycles. The molecule has 8 nitrogen and oxygen atoms in total. The van der Waals surface area contributed by atoms with Crippen molar-refractivity contribution < 1.29 is 4.92 Å². The Morgan fingerprint density at radius 1 is 1.33 bits per heavy atom. The van der Waals surface area contributed by atoms with Gasteiger partial charge in [0.1, 0.15) is 12.0 Å². The van der Waals surface area contributed by atoms with Crippen LogP contribution in [0, 0.1) is 17.0 Å². The molecular weight excluding hydrogens is 348 g/mol. The Hall–Kier alpha value is -1.94. The summed E-state index contributed by atoms with van der Waals surface area (Å²) in [6.07, 6.45) is 7.55. The molecule has 3 heterocycles. The van der Waals surface area contributed by atoms with Gasteiger partial charge < -0.3 is 14.7 Å². The van der Waals surface area contributed by atoms with Crippen LogP contribution in [-0.4, -0.2) is 29.1 Å². The number of aromatic nitrogens is 5. The number of nitrogens with zero attached hydrogens (tertiary/aromatic N) is 6. The Balaban J connectivity index is 1.72. The van der Waals surface area contributed by atoms with Crippen molar-refractivity contribution in [2.45, 2.75) is 55.3 Å². The molecule has 0 unspecified atom stereocenters. The second kappa shape index (κ2) is 6.17. The molecule has 3 aromatic rings. The minimum Gasteiger partial charge on any atom is -0.358 e. The SMILES string of the molecule is Cc1nnc(Sc2nc3sccn3c2[N+](=O)[O-])n1C1CCCCC1. The Labute approximate surface area is 146 Å². The summed E-state index contributed by atoms with van der Waals surface area (Å²) in [5, 5.41) is 22.8. The highest BCUT2D eigenvalue weighted by atomic mass is 32.2. The highest BCUT2D eigenvalue weighted by Crippen LogP contribution is 2.38. The fourth-order valence-corrected chi connectivity index (χ4v) is 5.05. The monoisotopic (exact) mass is 364 g/mol. The van der Waals surface area contributed by atoms with Crippen LogP contribution in [0.1, 0.15) is 44.0 Å². The van der Waals surface area contributed by atoms with Crippen molar-refractivity contribution in [1.29, 1.82) is 0 Å². The third-order valence-corrected chi connectivity index (χ3v) is 6.03. The van der Waals surface area contributed by atoms with E-state index in [0.717, 1.165) is 18.7 Å². The Bertz CT molecular complexity index is 892. The standard InChI is InChI=1S/C14H16N6O2S2/c1-9-16-17-14(19(9)10-5-3-2-4-6-10)24-11-12(20(21)22)18-7-8-23-13(18)15-11/h7-8,10H,2-6H2,1H3. The van der Waals surface area contributed by atoms with Gasteiger partial charge in [0.25, 0.3) is 4.96 Å². The van der Waals surface area contributed by atoms with Crippen LogP contribution < -0.4 is 0 Å². The molecule has 126 valence electrons. The van der Waals surface area contributed by atoms with Gasteiger partial charge in [-0.3, -0.25) is 0 Å². The number of fused-ring (bicyclic) bond motifs is 1. The van der Waals surface area contributed by atoms with E-state index in [1.54, 1.807) is 11.6 Å². The lowest BCUT2D eigenvalue weighted by atomic mass is 9.95. The molecule has 4 rings (SSSR count). The lowest BCUT2D eigenvalue weighted by Crippen LogP contribution is -2.15. The molecule has 0 amide bonds. The Morgan fingerprint density at radius 2 is 2.12 bits per heavy atom. The lowest BCUT2D eigenvalue weighted by Gasteiger charge is -2.24. The van der Waals surface area contributed by atoms with E-state index in [4.69, 9.17) is 0 Å². The number of nitro groups is 1. The summed E-state index contributed by atoms with van der Waals surface area (Å²) in [5.74, 6) is 0.847. The summed E-state index contributed by atoms with van der Waals surface area (Å²) in [6, 6.07) is 0.374. The highest BCUT2D eigenvalue weighted by Gasteiger charge is 2.28. The van der Waals surface area contributed by atoms with Gasteiger partial charge in [0.2, 0.25) is 5.03 Å². The quantitative estimate of drug-likeness (QED) is 0.516. The van der Waals surface area contributed by atoms with Gasteiger partial charge in [-0.25, -0.2) is 0 Å². The summed E-state index contributed by atoms with van der Waals surface area (Å²) < 4.78 is 3.64. The van der Waals surface area contributed by atoms with E-state index in [1.807, 2.05) is 6.92 Å². The van der Waals surface area contributed by atoms with E-state index >= 15 is 0 Å². The molecule has 0 bridgehead atoms. The van der Waals surface area contributed by atoms with Crippen molar-refractivity contribution in [3.8, 4) is 0 Å². The Morgan fingerprint density at radius 3 is 2.88 bits per heavy atom. The van der Waals surface area contributed by atoms with Crippen LogP contribution in [-0.2, 0) is 0 Å². The number of hydrogen-bond acceptors (Lipinski definition) is 7. The maximum absolute atomic E-state index is 11.5. The number of hydrogen-bond donors (Lipinski definition) is 0. The number of imidazole rings is 1. The smallest absolute Gasteiger partial charge is 0.358 e. The van der Waals surface area contributed by atoms with Gasteiger partial charge in [0.15, 0.2) is 5.16 Å². The summed E-state index contributed by atoms with van der Waals surface area (Å²) in [6.45, 7) is 1.94. The first-order valence-corrected chi connectivity index (χ1v) is 9.54. The van der Waals surface area contributed by atoms with Crippen LogP contribution in [0.5, 0.6) is 0 Å². The summed E-state index contributed by atoms with van der Waals surface area (Å²) in [4.78, 5) is 16.1. The maximum Gasteiger partial charge on any atom is 0.363 e. The molecule has 10 heteroatoms. The van der Waals surface area contributed by atoms with Gasteiger partial charge >= 0.3 is 5.82 Å². The van der Waals surface area contributed by atoms with Crippen LogP contribution in [0.25, 0.3) is 4.96 Å². The van der Waals surface area contributed by atoms with Crippen molar-refractivity contribution in [1.82, 2.24) is 24.1 Å². The first-order chi connectivity index (χ1) is 11.6. The van der Waals surface area contributed by atoms with Crippen molar-refractivity contribution in [2.75, 3.05) is 0 Å². The average molecular weight is 364 g/mol. The van der Waals surface area contributed by atoms with Crippen molar-refractivity contribution in [2.24, 2.45) is 0 Å². The van der Waals surface area contributed by atoms with Crippen molar-refractivity contribution in [3.05, 3.63) is 27.5 Å². The third-order valence-electron chi connectivity index (χ3n) is 4.34. The molecule has 3 aromatic heterocycles. The predicted octanol–water partition coefficient (Wildman–Crippen LogP) is 3.86. The van der Waals surface area contributed by atoms with Crippen molar-refractivity contribution >= 4 is 33.9 Å². The average Bonchev–Trinajstić information content (AvgIpc) is 3.23. The van der Waals surface area contributed by atoms with Crippen molar-refractivity contribution in [3.63, 3.8) is 0 Å². The second-order valence-corrected chi connectivity index (χ2v) is 7.68. The summed E-state index contributed by atoms with van der Waals surface area (Å²) in [7, 11) is 0. The number of rotatable bonds is 4. The van der Waals surface area contributed by atoms with Crippen LogP contribution >= 0.6 is 23.1 Å². The largest absolute Gasteiger partial charge is 0.363 e. The molecule has 1 fully saturated rings. The first kappa shape index (κ1) is 15.6. The molecule has 1 saturated carbocycles. The lowest BCUT2D eigenvalue weighted by molar-refractivity contribution is -0.393. The van der Waals surface area contributed by atoms with E-state index < -0.39 is 0 Å². The normalized spacial score (nSPS) is 16.0. The molecule has 0 N–H and O–H groups in total. The van der Waals surface area contributed by atoms with Gasteiger partial charge in [0.05, 0.1) is 0 Å². The summed E-state index contributed by atoms with van der Waals surface area (Å²) in [5.41, 5.74) is 0. The predicted molar refractivity (Wildman–Crippen MR) is 90.7 cm³/mol. The zero-order valence-corrected chi connectivity index (χ0v) is 14.7. The van der Waals surface area contributed by atoms with E-state index in [-0.39, 0.29) is 10.7 Å². The molecule has 1 aliphatic rings. The molecule has 0 radical (unpaired) electrons. The molecular formula is C14H16N6O2S2. The van der Waals surface area contributed by atoms with Crippen LogP contribution in [0.3, 0.4) is 0 Å². The first-order valence-electron chi connectivity index (χ1n) is 7.84. The zero-order valence-electron chi connectivity index (χ0n) is 13.1. The van der Waals surface area contributed by atoms with Gasteiger partial charge in [0, 0.05) is 11.4 Å². The van der Waals surface area contributed by atoms with Gasteiger partial charge in [-0.2, -0.15) is 9.38 Å². The third kappa shape index (κ3) is 2.59. The molecule has 24 heavy (non-hydrogen) atoms. The van der Waals surface area contributed by atoms with E-state index in [1.165, 1.54) is 46.8 Å². The minimum absolute atomic E-state index is 0.00732. The van der Waals surface area contributed by atoms with E-state index in [2.05, 4.69) is 19.7 Å². The van der Waals surface area contributed by atoms with Crippen LogP contribution in [0.15, 0.2) is 21.8 Å². The number of aryl methyl sites for hydroxylation is 1. The van der Waals surface area contributed by atoms with Gasteiger partial charge in [-0.1, -0.05) is 30.6 Å². The molecule has 0 atom stereocenters. The molecule has 0 spiro atoms. The summed E-state index contributed by atoms with van der Waals surface area (Å²) >= 11 is 2.62. The Kier molecular flexibility index (Phi) is 4.01. The van der Waals surface area contributed by atoms with Crippen LogP contribution in [0.2, 0.25) is 0 Å². The van der Waals surface area contributed by atoms with Gasteiger partial charge in [-0.15, -0.1) is 10.2 Å². The van der Waals surface area contributed by atoms with E-state index in [9.17, 15) is 10.1 Å². The zero-order chi connectivity index (χ0) is 16.7.